The van der Waals surface area contributed by atoms with Crippen molar-refractivity contribution < 1.29 is 13.0 Å². The molecule has 1 saturated carbocycles. The first-order chi connectivity index (χ1) is 11.5. The Balaban J connectivity index is 1.66. The molecule has 7 heteroatoms. The highest BCUT2D eigenvalue weighted by Gasteiger charge is 2.44. The standard InChI is InChI=1S/C18H42O3Si4/c1-23(2,20-22)12-7-8-13-24(3,4)21-25(5,6)14-11-16-9-10-17-18(15-16)19-17/h16-18H,7-15H2,1-6,22H3. The van der Waals surface area contributed by atoms with Crippen molar-refractivity contribution >= 4 is 35.4 Å². The van der Waals surface area contributed by atoms with Crippen molar-refractivity contribution in [3.63, 3.8) is 0 Å². The van der Waals surface area contributed by atoms with E-state index in [4.69, 9.17) is 13.0 Å². The maximum absolute atomic E-state index is 6.85. The number of fused-ring (bicyclic) bond motifs is 1. The lowest BCUT2D eigenvalue weighted by molar-refractivity contribution is 0.355. The Kier molecular flexibility index (Phi) is 7.79. The highest BCUT2D eigenvalue weighted by Crippen LogP contribution is 2.41. The molecule has 1 saturated heterocycles. The molecule has 2 fully saturated rings. The second kappa shape index (κ2) is 8.83. The van der Waals surface area contributed by atoms with Crippen LogP contribution < -0.4 is 0 Å². The molecule has 148 valence electrons. The molecular weight excluding hydrogens is 377 g/mol. The number of hydrogen-bond acceptors (Lipinski definition) is 3. The molecule has 1 aliphatic carbocycles. The van der Waals surface area contributed by atoms with E-state index in [-0.39, 0.29) is 0 Å². The van der Waals surface area contributed by atoms with Crippen molar-refractivity contribution in [2.24, 2.45) is 5.92 Å². The quantitative estimate of drug-likeness (QED) is 0.278. The third-order valence-electron chi connectivity index (χ3n) is 6.18. The molecule has 0 aromatic carbocycles. The average molecular weight is 419 g/mol. The van der Waals surface area contributed by atoms with E-state index in [0.29, 0.717) is 12.2 Å². The summed E-state index contributed by atoms with van der Waals surface area (Å²) in [6.07, 6.45) is 9.29. The van der Waals surface area contributed by atoms with Crippen LogP contribution in [0.1, 0.15) is 38.5 Å². The van der Waals surface area contributed by atoms with Gasteiger partial charge in [0.15, 0.2) is 25.0 Å². The van der Waals surface area contributed by atoms with Gasteiger partial charge in [-0.25, -0.2) is 0 Å². The van der Waals surface area contributed by atoms with E-state index in [0.717, 1.165) is 16.4 Å². The summed E-state index contributed by atoms with van der Waals surface area (Å²) < 4.78 is 18.3. The Morgan fingerprint density at radius 3 is 2.04 bits per heavy atom. The predicted molar refractivity (Wildman–Crippen MR) is 119 cm³/mol. The molecular formula is C18H42O3Si4. The summed E-state index contributed by atoms with van der Waals surface area (Å²) in [5, 5.41) is 0. The summed E-state index contributed by atoms with van der Waals surface area (Å²) in [6, 6.07) is 3.96. The van der Waals surface area contributed by atoms with E-state index in [1.54, 1.807) is 0 Å². The van der Waals surface area contributed by atoms with Crippen LogP contribution >= 0.6 is 0 Å². The van der Waals surface area contributed by atoms with Gasteiger partial charge in [-0.15, -0.1) is 0 Å². The summed E-state index contributed by atoms with van der Waals surface area (Å²) in [7, 11) is -3.46. The Morgan fingerprint density at radius 2 is 1.44 bits per heavy atom. The van der Waals surface area contributed by atoms with Gasteiger partial charge in [-0.1, -0.05) is 19.3 Å². The molecule has 25 heavy (non-hydrogen) atoms. The van der Waals surface area contributed by atoms with Crippen molar-refractivity contribution in [2.45, 2.75) is 108 Å². The van der Waals surface area contributed by atoms with Crippen LogP contribution in [0.25, 0.3) is 0 Å². The second-order valence-corrected chi connectivity index (χ2v) is 24.7. The third kappa shape index (κ3) is 8.11. The number of rotatable bonds is 11. The van der Waals surface area contributed by atoms with Gasteiger partial charge in [0.05, 0.1) is 12.2 Å². The lowest BCUT2D eigenvalue weighted by Crippen LogP contribution is -2.44. The van der Waals surface area contributed by atoms with E-state index in [2.05, 4.69) is 39.3 Å². The van der Waals surface area contributed by atoms with Crippen LogP contribution in [-0.4, -0.2) is 47.6 Å². The molecule has 1 aliphatic heterocycles. The lowest BCUT2D eigenvalue weighted by atomic mass is 9.88. The Hall–Kier alpha value is 0.748. The summed E-state index contributed by atoms with van der Waals surface area (Å²) in [5.74, 6) is 0.897. The minimum Gasteiger partial charge on any atom is -0.463 e. The molecule has 0 bridgehead atoms. The van der Waals surface area contributed by atoms with Crippen LogP contribution in [0.5, 0.6) is 0 Å². The fraction of sp³-hybridized carbons (Fsp3) is 1.00. The van der Waals surface area contributed by atoms with Crippen LogP contribution in [0.2, 0.25) is 57.4 Å². The molecule has 0 spiro atoms. The van der Waals surface area contributed by atoms with E-state index in [1.165, 1.54) is 56.7 Å². The van der Waals surface area contributed by atoms with Gasteiger partial charge in [-0.05, 0) is 82.6 Å². The van der Waals surface area contributed by atoms with E-state index >= 15 is 0 Å². The highest BCUT2D eigenvalue weighted by atomic mass is 28.4. The first-order valence-electron chi connectivity index (χ1n) is 10.4. The zero-order chi connectivity index (χ0) is 18.7. The minimum absolute atomic E-state index is 0.623. The summed E-state index contributed by atoms with van der Waals surface area (Å²) in [5.41, 5.74) is 0. The van der Waals surface area contributed by atoms with Gasteiger partial charge in [0, 0.05) is 0 Å². The number of epoxide rings is 1. The fourth-order valence-corrected chi connectivity index (χ4v) is 15.3. The van der Waals surface area contributed by atoms with E-state index in [9.17, 15) is 0 Å². The number of hydrogen-bond donors (Lipinski definition) is 0. The van der Waals surface area contributed by atoms with E-state index in [1.807, 2.05) is 0 Å². The first-order valence-corrected chi connectivity index (χ1v) is 20.6. The molecule has 0 N–H and O–H groups in total. The van der Waals surface area contributed by atoms with Gasteiger partial charge in [-0.2, -0.15) is 0 Å². The van der Waals surface area contributed by atoms with Crippen LogP contribution in [0.15, 0.2) is 0 Å². The van der Waals surface area contributed by atoms with Crippen molar-refractivity contribution in [3.05, 3.63) is 0 Å². The zero-order valence-electron chi connectivity index (χ0n) is 17.8. The molecule has 0 amide bonds. The topological polar surface area (TPSA) is 31.0 Å². The molecule has 2 aliphatic rings. The Bertz CT molecular complexity index is 429. The third-order valence-corrected chi connectivity index (χ3v) is 19.6. The zero-order valence-corrected chi connectivity index (χ0v) is 22.8. The average Bonchev–Trinajstić information content (AvgIpc) is 3.27. The molecule has 0 radical (unpaired) electrons. The summed E-state index contributed by atoms with van der Waals surface area (Å²) in [4.78, 5) is 0. The summed E-state index contributed by atoms with van der Waals surface area (Å²) >= 11 is 0. The normalized spacial score (nSPS) is 27.4. The lowest BCUT2D eigenvalue weighted by Gasteiger charge is -2.35. The van der Waals surface area contributed by atoms with Crippen molar-refractivity contribution in [1.29, 1.82) is 0 Å². The molecule has 0 aromatic heterocycles. The van der Waals surface area contributed by atoms with Gasteiger partial charge < -0.3 is 13.0 Å². The molecule has 0 aromatic rings. The first kappa shape index (κ1) is 22.0. The largest absolute Gasteiger partial charge is 0.463 e. The van der Waals surface area contributed by atoms with Crippen LogP contribution in [0.4, 0.5) is 0 Å². The Labute approximate surface area is 162 Å². The molecule has 3 nitrogen and oxygen atoms in total. The molecule has 3 atom stereocenters. The molecule has 2 rings (SSSR count). The van der Waals surface area contributed by atoms with Gasteiger partial charge in [-0.3, -0.25) is 0 Å². The minimum atomic E-state index is -1.52. The number of ether oxygens (including phenoxy) is 1. The maximum Gasteiger partial charge on any atom is 0.173 e. The van der Waals surface area contributed by atoms with Gasteiger partial charge in [0.2, 0.25) is 0 Å². The van der Waals surface area contributed by atoms with Crippen molar-refractivity contribution in [3.8, 4) is 0 Å². The van der Waals surface area contributed by atoms with Crippen molar-refractivity contribution in [1.82, 2.24) is 0 Å². The van der Waals surface area contributed by atoms with Gasteiger partial charge in [0.1, 0.15) is 10.5 Å². The smallest absolute Gasteiger partial charge is 0.173 e. The van der Waals surface area contributed by atoms with Crippen LogP contribution in [0.3, 0.4) is 0 Å². The Morgan fingerprint density at radius 1 is 0.840 bits per heavy atom. The second-order valence-electron chi connectivity index (χ2n) is 10.2. The highest BCUT2D eigenvalue weighted by molar-refractivity contribution is 6.84. The monoisotopic (exact) mass is 418 g/mol. The SMILES string of the molecule is C[Si](C)(CCCC[Si](C)(C)O[Si](C)(C)CCC1CCC2OC2C1)O[SiH3]. The fourth-order valence-electron chi connectivity index (χ4n) is 4.35. The van der Waals surface area contributed by atoms with Gasteiger partial charge >= 0.3 is 0 Å². The van der Waals surface area contributed by atoms with Crippen LogP contribution in [-0.2, 0) is 13.0 Å². The van der Waals surface area contributed by atoms with E-state index < -0.39 is 25.0 Å². The van der Waals surface area contributed by atoms with Crippen LogP contribution in [0, 0.1) is 5.92 Å². The molecule has 3 unspecified atom stereocenters. The molecule has 1 heterocycles. The van der Waals surface area contributed by atoms with Crippen molar-refractivity contribution in [2.75, 3.05) is 0 Å². The summed E-state index contributed by atoms with van der Waals surface area (Å²) in [6.45, 7) is 14.5. The number of unbranched alkanes of at least 4 members (excludes halogenated alkanes) is 1. The maximum atomic E-state index is 6.85. The predicted octanol–water partition coefficient (Wildman–Crippen LogP) is 4.65. The van der Waals surface area contributed by atoms with Gasteiger partial charge in [0.25, 0.3) is 0 Å².